The highest BCUT2D eigenvalue weighted by Gasteiger charge is 2.24. The van der Waals surface area contributed by atoms with Crippen LogP contribution in [0.15, 0.2) is 18.2 Å². The monoisotopic (exact) mass is 318 g/mol. The molecule has 0 aromatic heterocycles. The summed E-state index contributed by atoms with van der Waals surface area (Å²) in [6, 6.07) is 5.96. The number of ether oxygens (including phenoxy) is 1. The molecule has 0 radical (unpaired) electrons. The van der Waals surface area contributed by atoms with E-state index in [0.717, 1.165) is 38.0 Å². The number of piperazine rings is 1. The highest BCUT2D eigenvalue weighted by Crippen LogP contribution is 2.22. The molecule has 1 atom stereocenters. The molecule has 0 spiro atoms. The second-order valence-electron chi connectivity index (χ2n) is 6.27. The van der Waals surface area contributed by atoms with Gasteiger partial charge < -0.3 is 14.7 Å². The highest BCUT2D eigenvalue weighted by molar-refractivity contribution is 5.92. The zero-order chi connectivity index (χ0) is 16.4. The van der Waals surface area contributed by atoms with Gasteiger partial charge in [-0.2, -0.15) is 0 Å². The molecule has 1 amide bonds. The third-order valence-electron chi connectivity index (χ3n) is 4.56. The zero-order valence-electron chi connectivity index (χ0n) is 13.3. The number of carbonyl (C=O) groups excluding carboxylic acids is 1. The Morgan fingerprint density at radius 2 is 2.04 bits per heavy atom. The maximum atomic E-state index is 11.8. The number of hydrogen-bond donors (Lipinski definition) is 1. The van der Waals surface area contributed by atoms with Gasteiger partial charge in [0.2, 0.25) is 0 Å². The van der Waals surface area contributed by atoms with Crippen LogP contribution >= 0.6 is 0 Å². The molecule has 6 nitrogen and oxygen atoms in total. The number of fused-ring (bicyclic) bond motifs is 1. The van der Waals surface area contributed by atoms with Crippen LogP contribution in [-0.2, 0) is 17.6 Å². The number of carboxylic acid groups (broad SMARTS) is 1. The predicted octanol–water partition coefficient (Wildman–Crippen LogP) is 1.63. The summed E-state index contributed by atoms with van der Waals surface area (Å²) in [5.41, 5.74) is 2.97. The number of nitrogens with zero attached hydrogens (tertiary/aromatic N) is 2. The van der Waals surface area contributed by atoms with Crippen molar-refractivity contribution in [1.82, 2.24) is 9.80 Å². The predicted molar refractivity (Wildman–Crippen MR) is 84.8 cm³/mol. The second kappa shape index (κ2) is 6.58. The van der Waals surface area contributed by atoms with E-state index >= 15 is 0 Å². The molecule has 1 aromatic rings. The van der Waals surface area contributed by atoms with Crippen LogP contribution in [0.25, 0.3) is 0 Å². The SMILES string of the molecule is C[C@@H]1Cc2cc(CCN3CCN(C(=O)O)CC3)ccc2C(=O)O1. The van der Waals surface area contributed by atoms with Gasteiger partial charge in [-0.05, 0) is 30.5 Å². The van der Waals surface area contributed by atoms with E-state index in [4.69, 9.17) is 9.84 Å². The summed E-state index contributed by atoms with van der Waals surface area (Å²) in [5, 5.41) is 8.96. The van der Waals surface area contributed by atoms with E-state index in [1.54, 1.807) is 0 Å². The first-order chi connectivity index (χ1) is 11.0. The molecule has 2 heterocycles. The van der Waals surface area contributed by atoms with E-state index in [-0.39, 0.29) is 12.1 Å². The fraction of sp³-hybridized carbons (Fsp3) is 0.529. The van der Waals surface area contributed by atoms with Gasteiger partial charge in [-0.25, -0.2) is 9.59 Å². The topological polar surface area (TPSA) is 70.1 Å². The molecule has 1 N–H and O–H groups in total. The van der Waals surface area contributed by atoms with Crippen molar-refractivity contribution in [3.8, 4) is 0 Å². The van der Waals surface area contributed by atoms with Crippen molar-refractivity contribution >= 4 is 12.1 Å². The Morgan fingerprint density at radius 3 is 2.74 bits per heavy atom. The summed E-state index contributed by atoms with van der Waals surface area (Å²) >= 11 is 0. The van der Waals surface area contributed by atoms with Gasteiger partial charge in [-0.3, -0.25) is 4.90 Å². The smallest absolute Gasteiger partial charge is 0.407 e. The van der Waals surface area contributed by atoms with Crippen LogP contribution in [0.3, 0.4) is 0 Å². The summed E-state index contributed by atoms with van der Waals surface area (Å²) in [5.74, 6) is -0.227. The third-order valence-corrected chi connectivity index (χ3v) is 4.56. The van der Waals surface area contributed by atoms with E-state index in [1.165, 1.54) is 10.5 Å². The number of cyclic esters (lactones) is 1. The minimum absolute atomic E-state index is 0.0608. The Bertz CT molecular complexity index is 609. The molecule has 2 aliphatic heterocycles. The number of hydrogen-bond acceptors (Lipinski definition) is 4. The van der Waals surface area contributed by atoms with Crippen molar-refractivity contribution < 1.29 is 19.4 Å². The molecule has 0 bridgehead atoms. The van der Waals surface area contributed by atoms with Crippen molar-refractivity contribution in [2.24, 2.45) is 0 Å². The molecule has 1 aromatic carbocycles. The number of amides is 1. The van der Waals surface area contributed by atoms with Crippen LogP contribution in [0.4, 0.5) is 4.79 Å². The van der Waals surface area contributed by atoms with Crippen LogP contribution in [0.5, 0.6) is 0 Å². The van der Waals surface area contributed by atoms with Crippen molar-refractivity contribution in [3.63, 3.8) is 0 Å². The molecular formula is C17H22N2O4. The first-order valence-corrected chi connectivity index (χ1v) is 8.06. The normalized spacial score (nSPS) is 21.7. The van der Waals surface area contributed by atoms with Gasteiger partial charge in [0.1, 0.15) is 6.10 Å². The second-order valence-corrected chi connectivity index (χ2v) is 6.27. The Balaban J connectivity index is 1.56. The summed E-state index contributed by atoms with van der Waals surface area (Å²) in [6.45, 7) is 5.52. The Labute approximate surface area is 135 Å². The van der Waals surface area contributed by atoms with Crippen LogP contribution < -0.4 is 0 Å². The quantitative estimate of drug-likeness (QED) is 0.858. The Kier molecular flexibility index (Phi) is 4.52. The number of esters is 1. The molecule has 23 heavy (non-hydrogen) atoms. The van der Waals surface area contributed by atoms with Crippen molar-refractivity contribution in [2.45, 2.75) is 25.9 Å². The molecule has 0 unspecified atom stereocenters. The molecule has 0 aliphatic carbocycles. The number of carbonyl (C=O) groups is 2. The average Bonchev–Trinajstić information content (AvgIpc) is 2.52. The largest absolute Gasteiger partial charge is 0.465 e. The molecule has 1 saturated heterocycles. The third kappa shape index (κ3) is 3.64. The minimum atomic E-state index is -0.833. The Morgan fingerprint density at radius 1 is 1.30 bits per heavy atom. The molecule has 6 heteroatoms. The lowest BCUT2D eigenvalue weighted by atomic mass is 9.96. The van der Waals surface area contributed by atoms with Crippen LogP contribution in [0.1, 0.15) is 28.4 Å². The molecule has 1 fully saturated rings. The van der Waals surface area contributed by atoms with Gasteiger partial charge in [0, 0.05) is 39.1 Å². The average molecular weight is 318 g/mol. The van der Waals surface area contributed by atoms with E-state index < -0.39 is 6.09 Å². The van der Waals surface area contributed by atoms with Crippen LogP contribution in [0.2, 0.25) is 0 Å². The van der Waals surface area contributed by atoms with Crippen molar-refractivity contribution in [3.05, 3.63) is 34.9 Å². The van der Waals surface area contributed by atoms with Gasteiger partial charge in [-0.1, -0.05) is 12.1 Å². The minimum Gasteiger partial charge on any atom is -0.465 e. The first-order valence-electron chi connectivity index (χ1n) is 8.06. The van der Waals surface area contributed by atoms with E-state index in [1.807, 2.05) is 19.1 Å². The van der Waals surface area contributed by atoms with E-state index in [0.29, 0.717) is 18.7 Å². The van der Waals surface area contributed by atoms with E-state index in [9.17, 15) is 9.59 Å². The summed E-state index contributed by atoms with van der Waals surface area (Å²) in [6.07, 6.45) is 0.783. The molecule has 2 aliphatic rings. The molecule has 0 saturated carbocycles. The lowest BCUT2D eigenvalue weighted by Gasteiger charge is -2.33. The maximum absolute atomic E-state index is 11.8. The van der Waals surface area contributed by atoms with Gasteiger partial charge in [0.15, 0.2) is 0 Å². The number of benzene rings is 1. The summed E-state index contributed by atoms with van der Waals surface area (Å²) in [7, 11) is 0. The lowest BCUT2D eigenvalue weighted by Crippen LogP contribution is -2.48. The van der Waals surface area contributed by atoms with E-state index in [2.05, 4.69) is 11.0 Å². The summed E-state index contributed by atoms with van der Waals surface area (Å²) < 4.78 is 5.24. The van der Waals surface area contributed by atoms with Crippen molar-refractivity contribution in [2.75, 3.05) is 32.7 Å². The lowest BCUT2D eigenvalue weighted by molar-refractivity contribution is 0.0301. The fourth-order valence-electron chi connectivity index (χ4n) is 3.22. The molecule has 3 rings (SSSR count). The Hall–Kier alpha value is -2.08. The molecule has 124 valence electrons. The van der Waals surface area contributed by atoms with Crippen molar-refractivity contribution in [1.29, 1.82) is 0 Å². The van der Waals surface area contributed by atoms with Gasteiger partial charge in [0.25, 0.3) is 0 Å². The van der Waals surface area contributed by atoms with Crippen LogP contribution in [0, 0.1) is 0 Å². The fourth-order valence-corrected chi connectivity index (χ4v) is 3.22. The molecular weight excluding hydrogens is 296 g/mol. The van der Waals surface area contributed by atoms with Gasteiger partial charge in [0.05, 0.1) is 5.56 Å². The zero-order valence-corrected chi connectivity index (χ0v) is 13.3. The first kappa shape index (κ1) is 15.8. The number of rotatable bonds is 3. The van der Waals surface area contributed by atoms with Gasteiger partial charge >= 0.3 is 12.1 Å². The summed E-state index contributed by atoms with van der Waals surface area (Å²) in [4.78, 5) is 26.5. The standard InChI is InChI=1S/C17H22N2O4/c1-12-10-14-11-13(2-3-15(14)16(20)23-12)4-5-18-6-8-19(9-7-18)17(21)22/h2-3,11-12H,4-10H2,1H3,(H,21,22)/t12-/m1/s1. The van der Waals surface area contributed by atoms with Gasteiger partial charge in [-0.15, -0.1) is 0 Å². The highest BCUT2D eigenvalue weighted by atomic mass is 16.5. The van der Waals surface area contributed by atoms with Crippen LogP contribution in [-0.4, -0.2) is 65.8 Å². The maximum Gasteiger partial charge on any atom is 0.407 e.